The minimum Gasteiger partial charge on any atom is -0.355 e. The fraction of sp³-hybridized carbons (Fsp3) is 0.667. The number of halogens is 2. The SMILES string of the molecule is CCCCN(C)CCNC(=NC)NC1CCN(Cc2ccc(F)c(F)c2)CC1. The molecule has 1 aromatic rings. The van der Waals surface area contributed by atoms with Crippen molar-refractivity contribution in [2.24, 2.45) is 4.99 Å². The van der Waals surface area contributed by atoms with Gasteiger partial charge in [-0.05, 0) is 50.6 Å². The van der Waals surface area contributed by atoms with Gasteiger partial charge in [0.2, 0.25) is 0 Å². The van der Waals surface area contributed by atoms with Crippen molar-refractivity contribution in [1.29, 1.82) is 0 Å². The minimum absolute atomic E-state index is 0.380. The van der Waals surface area contributed by atoms with E-state index in [9.17, 15) is 8.78 Å². The molecule has 28 heavy (non-hydrogen) atoms. The predicted molar refractivity (Wildman–Crippen MR) is 112 cm³/mol. The second-order valence-electron chi connectivity index (χ2n) is 7.60. The van der Waals surface area contributed by atoms with Gasteiger partial charge in [0.1, 0.15) is 0 Å². The number of aliphatic imine (C=N–C) groups is 1. The molecule has 1 heterocycles. The van der Waals surface area contributed by atoms with Crippen molar-refractivity contribution in [2.45, 2.75) is 45.2 Å². The topological polar surface area (TPSA) is 42.9 Å². The summed E-state index contributed by atoms with van der Waals surface area (Å²) in [4.78, 5) is 8.95. The zero-order valence-corrected chi connectivity index (χ0v) is 17.5. The van der Waals surface area contributed by atoms with Crippen molar-refractivity contribution in [1.82, 2.24) is 20.4 Å². The standard InChI is InChI=1S/C21H35F2N5/c1-4-5-11-27(3)14-10-25-21(24-2)26-18-8-12-28(13-9-18)16-17-6-7-19(22)20(23)15-17/h6-7,15,18H,4-5,8-14,16H2,1-3H3,(H2,24,25,26). The normalized spacial score (nSPS) is 16.6. The van der Waals surface area contributed by atoms with Crippen LogP contribution in [-0.4, -0.2) is 68.6 Å². The molecule has 2 N–H and O–H groups in total. The largest absolute Gasteiger partial charge is 0.355 e. The average molecular weight is 396 g/mol. The summed E-state index contributed by atoms with van der Waals surface area (Å²) < 4.78 is 26.4. The van der Waals surface area contributed by atoms with Gasteiger partial charge < -0.3 is 15.5 Å². The molecule has 1 saturated heterocycles. The third-order valence-corrected chi connectivity index (χ3v) is 5.22. The number of guanidine groups is 1. The van der Waals surface area contributed by atoms with E-state index in [4.69, 9.17) is 0 Å². The molecule has 0 spiro atoms. The zero-order chi connectivity index (χ0) is 20.4. The third kappa shape index (κ3) is 7.72. The summed E-state index contributed by atoms with van der Waals surface area (Å²) in [6, 6.07) is 4.54. The predicted octanol–water partition coefficient (Wildman–Crippen LogP) is 2.83. The van der Waals surface area contributed by atoms with Crippen LogP contribution in [0.2, 0.25) is 0 Å². The molecule has 0 aromatic heterocycles. The van der Waals surface area contributed by atoms with Gasteiger partial charge in [0, 0.05) is 45.8 Å². The summed E-state index contributed by atoms with van der Waals surface area (Å²) in [6.07, 6.45) is 4.45. The summed E-state index contributed by atoms with van der Waals surface area (Å²) in [7, 11) is 3.95. The van der Waals surface area contributed by atoms with Gasteiger partial charge in [-0.2, -0.15) is 0 Å². The third-order valence-electron chi connectivity index (χ3n) is 5.22. The lowest BCUT2D eigenvalue weighted by atomic mass is 10.0. The van der Waals surface area contributed by atoms with E-state index in [-0.39, 0.29) is 0 Å². The van der Waals surface area contributed by atoms with Crippen molar-refractivity contribution in [3.8, 4) is 0 Å². The van der Waals surface area contributed by atoms with E-state index in [0.717, 1.165) is 57.1 Å². The molecule has 2 rings (SSSR count). The smallest absolute Gasteiger partial charge is 0.191 e. The number of hydrogen-bond acceptors (Lipinski definition) is 3. The van der Waals surface area contributed by atoms with Crippen LogP contribution in [0.5, 0.6) is 0 Å². The number of unbranched alkanes of at least 4 members (excludes halogenated alkanes) is 1. The van der Waals surface area contributed by atoms with Crippen LogP contribution in [0.1, 0.15) is 38.2 Å². The summed E-state index contributed by atoms with van der Waals surface area (Å²) >= 11 is 0. The molecule has 158 valence electrons. The van der Waals surface area contributed by atoms with Crippen molar-refractivity contribution >= 4 is 5.96 Å². The Hall–Kier alpha value is -1.73. The van der Waals surface area contributed by atoms with E-state index in [2.05, 4.69) is 39.4 Å². The lowest BCUT2D eigenvalue weighted by molar-refractivity contribution is 0.198. The Morgan fingerprint density at radius 2 is 1.96 bits per heavy atom. The maximum Gasteiger partial charge on any atom is 0.191 e. The van der Waals surface area contributed by atoms with Crippen LogP contribution in [-0.2, 0) is 6.54 Å². The Morgan fingerprint density at radius 3 is 2.61 bits per heavy atom. The number of nitrogens with one attached hydrogen (secondary N) is 2. The van der Waals surface area contributed by atoms with E-state index in [0.29, 0.717) is 12.6 Å². The monoisotopic (exact) mass is 395 g/mol. The van der Waals surface area contributed by atoms with Gasteiger partial charge in [-0.3, -0.25) is 9.89 Å². The molecular weight excluding hydrogens is 360 g/mol. The molecule has 1 aliphatic rings. The summed E-state index contributed by atoms with van der Waals surface area (Å²) in [5.41, 5.74) is 0.815. The Balaban J connectivity index is 1.68. The minimum atomic E-state index is -0.790. The van der Waals surface area contributed by atoms with Crippen LogP contribution in [0.15, 0.2) is 23.2 Å². The van der Waals surface area contributed by atoms with Crippen molar-refractivity contribution in [3.05, 3.63) is 35.4 Å². The zero-order valence-electron chi connectivity index (χ0n) is 17.5. The molecule has 1 fully saturated rings. The van der Waals surface area contributed by atoms with E-state index >= 15 is 0 Å². The van der Waals surface area contributed by atoms with E-state index in [1.165, 1.54) is 25.0 Å². The number of hydrogen-bond donors (Lipinski definition) is 2. The number of piperidine rings is 1. The first kappa shape index (κ1) is 22.6. The van der Waals surface area contributed by atoms with Crippen LogP contribution in [0.3, 0.4) is 0 Å². The summed E-state index contributed by atoms with van der Waals surface area (Å²) in [5.74, 6) is -0.714. The van der Waals surface area contributed by atoms with Gasteiger partial charge in [-0.25, -0.2) is 8.78 Å². The van der Waals surface area contributed by atoms with Crippen molar-refractivity contribution < 1.29 is 8.78 Å². The quantitative estimate of drug-likeness (QED) is 0.498. The number of nitrogens with zero attached hydrogens (tertiary/aromatic N) is 3. The van der Waals surface area contributed by atoms with E-state index < -0.39 is 11.6 Å². The summed E-state index contributed by atoms with van der Waals surface area (Å²) in [5, 5.41) is 6.90. The first-order chi connectivity index (χ1) is 13.5. The summed E-state index contributed by atoms with van der Waals surface area (Å²) in [6.45, 7) is 7.70. The molecule has 0 radical (unpaired) electrons. The highest BCUT2D eigenvalue weighted by Crippen LogP contribution is 2.15. The first-order valence-corrected chi connectivity index (χ1v) is 10.3. The maximum absolute atomic E-state index is 13.4. The van der Waals surface area contributed by atoms with Gasteiger partial charge in [0.15, 0.2) is 17.6 Å². The molecule has 0 aliphatic carbocycles. The Labute approximate surface area is 168 Å². The highest BCUT2D eigenvalue weighted by Gasteiger charge is 2.20. The second-order valence-corrected chi connectivity index (χ2v) is 7.60. The van der Waals surface area contributed by atoms with Crippen LogP contribution >= 0.6 is 0 Å². The average Bonchev–Trinajstić information content (AvgIpc) is 2.69. The highest BCUT2D eigenvalue weighted by molar-refractivity contribution is 5.79. The molecule has 0 unspecified atom stereocenters. The van der Waals surface area contributed by atoms with Crippen LogP contribution in [0.25, 0.3) is 0 Å². The van der Waals surface area contributed by atoms with Crippen LogP contribution < -0.4 is 10.6 Å². The van der Waals surface area contributed by atoms with E-state index in [1.807, 2.05) is 0 Å². The number of likely N-dealkylation sites (N-methyl/N-ethyl adjacent to an activating group) is 1. The lowest BCUT2D eigenvalue weighted by Crippen LogP contribution is -2.49. The van der Waals surface area contributed by atoms with Crippen LogP contribution in [0, 0.1) is 11.6 Å². The molecule has 0 amide bonds. The van der Waals surface area contributed by atoms with E-state index in [1.54, 1.807) is 13.1 Å². The number of rotatable bonds is 9. The Kier molecular flexibility index (Phi) is 9.64. The lowest BCUT2D eigenvalue weighted by Gasteiger charge is -2.33. The molecule has 7 heteroatoms. The fourth-order valence-electron chi connectivity index (χ4n) is 3.42. The van der Waals surface area contributed by atoms with Gasteiger partial charge in [0.25, 0.3) is 0 Å². The van der Waals surface area contributed by atoms with Crippen LogP contribution in [0.4, 0.5) is 8.78 Å². The molecule has 0 atom stereocenters. The van der Waals surface area contributed by atoms with Gasteiger partial charge >= 0.3 is 0 Å². The number of likely N-dealkylation sites (tertiary alicyclic amines) is 1. The molecule has 5 nitrogen and oxygen atoms in total. The molecular formula is C21H35F2N5. The maximum atomic E-state index is 13.4. The molecule has 1 aliphatic heterocycles. The molecule has 0 bridgehead atoms. The number of benzene rings is 1. The van der Waals surface area contributed by atoms with Crippen molar-refractivity contribution in [3.63, 3.8) is 0 Å². The second kappa shape index (κ2) is 12.0. The fourth-order valence-corrected chi connectivity index (χ4v) is 3.42. The Morgan fingerprint density at radius 1 is 1.21 bits per heavy atom. The highest BCUT2D eigenvalue weighted by atomic mass is 19.2. The van der Waals surface area contributed by atoms with Gasteiger partial charge in [0.05, 0.1) is 0 Å². The van der Waals surface area contributed by atoms with Gasteiger partial charge in [-0.15, -0.1) is 0 Å². The first-order valence-electron chi connectivity index (χ1n) is 10.3. The molecule has 1 aromatic carbocycles. The Bertz CT molecular complexity index is 615. The van der Waals surface area contributed by atoms with Crippen molar-refractivity contribution in [2.75, 3.05) is 46.8 Å². The molecule has 0 saturated carbocycles. The van der Waals surface area contributed by atoms with Gasteiger partial charge in [-0.1, -0.05) is 19.4 Å².